The summed E-state index contributed by atoms with van der Waals surface area (Å²) in [6.45, 7) is 7.23. The maximum Gasteiger partial charge on any atom is 0.264 e. The Morgan fingerprint density at radius 2 is 1.55 bits per heavy atom. The highest BCUT2D eigenvalue weighted by molar-refractivity contribution is 7.92. The Labute approximate surface area is 247 Å². The number of anilines is 1. The van der Waals surface area contributed by atoms with Crippen LogP contribution in [-0.2, 0) is 26.2 Å². The van der Waals surface area contributed by atoms with Crippen molar-refractivity contribution in [2.45, 2.75) is 64.1 Å². The average molecular weight is 605 g/mol. The van der Waals surface area contributed by atoms with Crippen molar-refractivity contribution in [3.63, 3.8) is 0 Å². The first-order valence-corrected chi connectivity index (χ1v) is 15.4. The number of halogens is 2. The van der Waals surface area contributed by atoms with Crippen LogP contribution in [0.5, 0.6) is 0 Å². The predicted octanol–water partition coefficient (Wildman–Crippen LogP) is 6.22. The average Bonchev–Trinajstić information content (AvgIpc) is 2.94. The van der Waals surface area contributed by atoms with Gasteiger partial charge in [-0.3, -0.25) is 13.9 Å². The minimum Gasteiger partial charge on any atom is -0.352 e. The van der Waals surface area contributed by atoms with Gasteiger partial charge in [0.05, 0.1) is 20.6 Å². The number of hydrogen-bond donors (Lipinski definition) is 1. The molecular formula is C30H35Cl2N3O4S. The van der Waals surface area contributed by atoms with Gasteiger partial charge in [0.25, 0.3) is 10.0 Å². The lowest BCUT2D eigenvalue weighted by Gasteiger charge is -2.33. The molecule has 2 atom stereocenters. The zero-order valence-electron chi connectivity index (χ0n) is 23.1. The maximum absolute atomic E-state index is 14.1. The number of carbonyl (C=O) groups excluding carboxylic acids is 2. The van der Waals surface area contributed by atoms with Crippen LogP contribution in [0.4, 0.5) is 5.69 Å². The van der Waals surface area contributed by atoms with Crippen LogP contribution in [0.15, 0.2) is 77.7 Å². The summed E-state index contributed by atoms with van der Waals surface area (Å²) in [6, 6.07) is 19.0. The van der Waals surface area contributed by atoms with E-state index in [0.717, 1.165) is 21.9 Å². The van der Waals surface area contributed by atoms with Crippen LogP contribution >= 0.6 is 23.2 Å². The summed E-state index contributed by atoms with van der Waals surface area (Å²) in [5.41, 5.74) is 2.06. The van der Waals surface area contributed by atoms with Crippen molar-refractivity contribution in [2.24, 2.45) is 0 Å². The zero-order valence-corrected chi connectivity index (χ0v) is 25.4. The van der Waals surface area contributed by atoms with Crippen molar-refractivity contribution in [3.05, 3.63) is 94.0 Å². The second kappa shape index (κ2) is 14.0. The van der Waals surface area contributed by atoms with Gasteiger partial charge in [-0.1, -0.05) is 85.1 Å². The van der Waals surface area contributed by atoms with Crippen molar-refractivity contribution >= 4 is 50.7 Å². The van der Waals surface area contributed by atoms with Gasteiger partial charge in [0.2, 0.25) is 11.8 Å². The third-order valence-corrected chi connectivity index (χ3v) is 9.19. The lowest BCUT2D eigenvalue weighted by molar-refractivity contribution is -0.140. The molecule has 214 valence electrons. The van der Waals surface area contributed by atoms with E-state index in [0.29, 0.717) is 6.42 Å². The summed E-state index contributed by atoms with van der Waals surface area (Å²) in [7, 11) is -4.18. The molecule has 0 aromatic heterocycles. The molecule has 0 radical (unpaired) electrons. The number of nitrogens with one attached hydrogen (secondary N) is 1. The largest absolute Gasteiger partial charge is 0.352 e. The number of carbonyl (C=O) groups is 2. The van der Waals surface area contributed by atoms with Crippen molar-refractivity contribution in [1.29, 1.82) is 0 Å². The van der Waals surface area contributed by atoms with E-state index in [1.165, 1.54) is 35.2 Å². The molecule has 3 rings (SSSR count). The van der Waals surface area contributed by atoms with Gasteiger partial charge < -0.3 is 10.2 Å². The first-order chi connectivity index (χ1) is 19.0. The molecule has 3 aromatic rings. The minimum atomic E-state index is -4.18. The van der Waals surface area contributed by atoms with Crippen LogP contribution in [0.2, 0.25) is 10.0 Å². The highest BCUT2D eigenvalue weighted by Gasteiger charge is 2.34. The lowest BCUT2D eigenvalue weighted by atomic mass is 10.1. The van der Waals surface area contributed by atoms with Gasteiger partial charge in [0.15, 0.2) is 0 Å². The lowest BCUT2D eigenvalue weighted by Crippen LogP contribution is -2.53. The molecule has 7 nitrogen and oxygen atoms in total. The van der Waals surface area contributed by atoms with Gasteiger partial charge in [0, 0.05) is 12.6 Å². The van der Waals surface area contributed by atoms with Crippen LogP contribution in [0.1, 0.15) is 44.7 Å². The number of amides is 2. The molecular weight excluding hydrogens is 569 g/mol. The molecule has 0 aliphatic heterocycles. The summed E-state index contributed by atoms with van der Waals surface area (Å²) in [5.74, 6) is -0.818. The highest BCUT2D eigenvalue weighted by Crippen LogP contribution is 2.31. The van der Waals surface area contributed by atoms with Crippen LogP contribution < -0.4 is 9.62 Å². The minimum absolute atomic E-state index is 0.0144. The summed E-state index contributed by atoms with van der Waals surface area (Å²) in [5, 5.41) is 3.37. The quantitative estimate of drug-likeness (QED) is 0.266. The van der Waals surface area contributed by atoms with Gasteiger partial charge >= 0.3 is 0 Å². The molecule has 0 unspecified atom stereocenters. The molecule has 1 N–H and O–H groups in total. The molecule has 40 heavy (non-hydrogen) atoms. The Hall–Kier alpha value is -3.07. The normalized spacial score (nSPS) is 12.8. The van der Waals surface area contributed by atoms with Crippen LogP contribution in [0, 0.1) is 6.92 Å². The van der Waals surface area contributed by atoms with Crippen LogP contribution in [0.25, 0.3) is 0 Å². The molecule has 0 saturated heterocycles. The monoisotopic (exact) mass is 603 g/mol. The predicted molar refractivity (Wildman–Crippen MR) is 161 cm³/mol. The van der Waals surface area contributed by atoms with Gasteiger partial charge in [-0.15, -0.1) is 0 Å². The number of aryl methyl sites for hydroxylation is 1. The number of hydrogen-bond acceptors (Lipinski definition) is 4. The second-order valence-electron chi connectivity index (χ2n) is 9.67. The Balaban J connectivity index is 2.06. The third kappa shape index (κ3) is 7.77. The van der Waals surface area contributed by atoms with Crippen molar-refractivity contribution in [1.82, 2.24) is 10.2 Å². The Kier molecular flexibility index (Phi) is 11.0. The number of rotatable bonds is 12. The fraction of sp³-hybridized carbons (Fsp3) is 0.333. The smallest absolute Gasteiger partial charge is 0.264 e. The summed E-state index contributed by atoms with van der Waals surface area (Å²) in [4.78, 5) is 28.9. The Morgan fingerprint density at radius 3 is 2.12 bits per heavy atom. The van der Waals surface area contributed by atoms with E-state index in [2.05, 4.69) is 5.32 Å². The van der Waals surface area contributed by atoms with E-state index in [1.54, 1.807) is 18.2 Å². The molecule has 0 bridgehead atoms. The fourth-order valence-electron chi connectivity index (χ4n) is 4.14. The van der Waals surface area contributed by atoms with E-state index >= 15 is 0 Å². The van der Waals surface area contributed by atoms with E-state index in [1.807, 2.05) is 52.0 Å². The summed E-state index contributed by atoms with van der Waals surface area (Å²) in [6.07, 6.45) is 1.08. The third-order valence-electron chi connectivity index (χ3n) is 6.66. The summed E-state index contributed by atoms with van der Waals surface area (Å²) < 4.78 is 28.7. The number of sulfonamides is 1. The van der Waals surface area contributed by atoms with Crippen LogP contribution in [-0.4, -0.2) is 43.8 Å². The second-order valence-corrected chi connectivity index (χ2v) is 12.3. The number of nitrogens with zero attached hydrogens (tertiary/aromatic N) is 2. The first-order valence-electron chi connectivity index (χ1n) is 13.2. The van der Waals surface area contributed by atoms with Crippen molar-refractivity contribution in [3.8, 4) is 0 Å². The van der Waals surface area contributed by atoms with Crippen molar-refractivity contribution < 1.29 is 18.0 Å². The molecule has 0 heterocycles. The zero-order chi connectivity index (χ0) is 29.4. The highest BCUT2D eigenvalue weighted by atomic mass is 35.5. The molecule has 0 fully saturated rings. The molecule has 0 aliphatic carbocycles. The van der Waals surface area contributed by atoms with E-state index in [-0.39, 0.29) is 39.1 Å². The Morgan fingerprint density at radius 1 is 0.900 bits per heavy atom. The molecule has 3 aromatic carbocycles. The van der Waals surface area contributed by atoms with E-state index in [4.69, 9.17) is 23.2 Å². The molecule has 2 amide bonds. The topological polar surface area (TPSA) is 86.8 Å². The molecule has 0 saturated carbocycles. The number of benzene rings is 3. The van der Waals surface area contributed by atoms with E-state index in [9.17, 15) is 18.0 Å². The molecule has 10 heteroatoms. The molecule has 0 spiro atoms. The SMILES string of the molecule is CC[C@H](C(=O)N[C@@H](C)CC)N(Cc1ccc(C)cc1)C(=O)CN(c1ccc(Cl)c(Cl)c1)S(=O)(=O)c1ccccc1. The van der Waals surface area contributed by atoms with Gasteiger partial charge in [-0.25, -0.2) is 8.42 Å². The van der Waals surface area contributed by atoms with Gasteiger partial charge in [-0.05, 0) is 62.6 Å². The van der Waals surface area contributed by atoms with Gasteiger partial charge in [-0.2, -0.15) is 0 Å². The van der Waals surface area contributed by atoms with E-state index < -0.39 is 28.5 Å². The standard InChI is InChI=1S/C30H35Cl2N3O4S/c1-5-22(4)33-30(37)28(6-2)34(19-23-14-12-21(3)13-15-23)29(36)20-35(24-16-17-26(31)27(32)18-24)40(38,39)25-10-8-7-9-11-25/h7-18,22,28H,5-6,19-20H2,1-4H3,(H,33,37)/t22-,28+/m0/s1. The van der Waals surface area contributed by atoms with Crippen LogP contribution in [0.3, 0.4) is 0 Å². The molecule has 0 aliphatic rings. The van der Waals surface area contributed by atoms with Crippen molar-refractivity contribution in [2.75, 3.05) is 10.8 Å². The summed E-state index contributed by atoms with van der Waals surface area (Å²) >= 11 is 12.4. The first kappa shape index (κ1) is 31.5. The maximum atomic E-state index is 14.1. The fourth-order valence-corrected chi connectivity index (χ4v) is 5.86. The Bertz CT molecular complexity index is 1420. The van der Waals surface area contributed by atoms with Gasteiger partial charge in [0.1, 0.15) is 12.6 Å².